The molecule has 0 unspecified atom stereocenters. The Labute approximate surface area is 119 Å². The molecule has 0 amide bonds. The second-order valence-electron chi connectivity index (χ2n) is 4.97. The lowest BCUT2D eigenvalue weighted by atomic mass is 10.0. The van der Waals surface area contributed by atoms with Crippen LogP contribution in [-0.4, -0.2) is 5.78 Å². The van der Waals surface area contributed by atoms with Crippen LogP contribution in [0.1, 0.15) is 22.3 Å². The van der Waals surface area contributed by atoms with Crippen molar-refractivity contribution in [1.82, 2.24) is 0 Å². The molecule has 0 saturated carbocycles. The molecule has 0 aromatic heterocycles. The van der Waals surface area contributed by atoms with Gasteiger partial charge in [0.25, 0.3) is 0 Å². The molecule has 2 rings (SSSR count). The Morgan fingerprint density at radius 3 is 2.21 bits per heavy atom. The van der Waals surface area contributed by atoms with Crippen LogP contribution in [-0.2, 0) is 17.6 Å². The number of carbonyl (C=O) groups excluding carboxylic acids is 1. The first-order chi connectivity index (χ1) is 9.04. The third kappa shape index (κ3) is 3.93. The molecule has 0 fully saturated rings. The highest BCUT2D eigenvalue weighted by molar-refractivity contribution is 6.31. The van der Waals surface area contributed by atoms with Gasteiger partial charge in [0.1, 0.15) is 5.78 Å². The highest BCUT2D eigenvalue weighted by Gasteiger charge is 2.08. The zero-order chi connectivity index (χ0) is 13.8. The van der Waals surface area contributed by atoms with E-state index < -0.39 is 0 Å². The van der Waals surface area contributed by atoms with Crippen LogP contribution in [0.15, 0.2) is 42.5 Å². The first-order valence-electron chi connectivity index (χ1n) is 6.37. The van der Waals surface area contributed by atoms with Gasteiger partial charge in [-0.1, -0.05) is 53.6 Å². The molecule has 0 aliphatic rings. The summed E-state index contributed by atoms with van der Waals surface area (Å²) < 4.78 is 0. The maximum Gasteiger partial charge on any atom is 0.141 e. The summed E-state index contributed by atoms with van der Waals surface area (Å²) in [7, 11) is 0. The van der Waals surface area contributed by atoms with E-state index in [2.05, 4.69) is 0 Å². The minimum Gasteiger partial charge on any atom is -0.299 e. The number of Topliss-reactive ketones (excluding diaryl/α,β-unsaturated/α-hetero) is 1. The van der Waals surface area contributed by atoms with E-state index >= 15 is 0 Å². The molecular weight excluding hydrogens is 256 g/mol. The van der Waals surface area contributed by atoms with Gasteiger partial charge >= 0.3 is 0 Å². The van der Waals surface area contributed by atoms with Gasteiger partial charge in [-0.15, -0.1) is 0 Å². The fourth-order valence-electron chi connectivity index (χ4n) is 2.00. The number of aryl methyl sites for hydroxylation is 2. The lowest BCUT2D eigenvalue weighted by molar-refractivity contribution is -0.117. The van der Waals surface area contributed by atoms with Crippen molar-refractivity contribution < 1.29 is 4.79 Å². The van der Waals surface area contributed by atoms with Crippen LogP contribution in [0.5, 0.6) is 0 Å². The second kappa shape index (κ2) is 6.03. The second-order valence-corrected chi connectivity index (χ2v) is 5.38. The highest BCUT2D eigenvalue weighted by Crippen LogP contribution is 2.19. The average Bonchev–Trinajstić information content (AvgIpc) is 2.36. The van der Waals surface area contributed by atoms with Gasteiger partial charge in [-0.3, -0.25) is 4.79 Å². The third-order valence-electron chi connectivity index (χ3n) is 3.12. The minimum absolute atomic E-state index is 0.189. The summed E-state index contributed by atoms with van der Waals surface area (Å²) in [4.78, 5) is 12.0. The number of halogens is 1. The Balaban J connectivity index is 2.03. The summed E-state index contributed by atoms with van der Waals surface area (Å²) in [6.45, 7) is 4.03. The summed E-state index contributed by atoms with van der Waals surface area (Å²) in [5.41, 5.74) is 4.28. The Hall–Kier alpha value is -1.60. The number of rotatable bonds is 4. The molecular formula is C17H17ClO. The van der Waals surface area contributed by atoms with Crippen molar-refractivity contribution in [2.24, 2.45) is 0 Å². The topological polar surface area (TPSA) is 17.1 Å². The largest absolute Gasteiger partial charge is 0.299 e. The third-order valence-corrected chi connectivity index (χ3v) is 3.47. The fourth-order valence-corrected chi connectivity index (χ4v) is 2.31. The molecule has 2 heteroatoms. The summed E-state index contributed by atoms with van der Waals surface area (Å²) in [6.07, 6.45) is 0.859. The highest BCUT2D eigenvalue weighted by atomic mass is 35.5. The molecule has 0 N–H and O–H groups in total. The van der Waals surface area contributed by atoms with Crippen LogP contribution in [0, 0.1) is 13.8 Å². The molecule has 0 saturated heterocycles. The Bertz CT molecular complexity index is 585. The van der Waals surface area contributed by atoms with Gasteiger partial charge in [0.05, 0.1) is 0 Å². The van der Waals surface area contributed by atoms with Gasteiger partial charge < -0.3 is 0 Å². The quantitative estimate of drug-likeness (QED) is 0.810. The first kappa shape index (κ1) is 13.8. The molecule has 2 aromatic carbocycles. The molecule has 0 radical (unpaired) electrons. The maximum atomic E-state index is 12.0. The summed E-state index contributed by atoms with van der Waals surface area (Å²) in [5, 5.41) is 0.678. The van der Waals surface area contributed by atoms with E-state index in [9.17, 15) is 4.79 Å². The Morgan fingerprint density at radius 2 is 1.58 bits per heavy atom. The lowest BCUT2D eigenvalue weighted by Gasteiger charge is -2.05. The molecule has 0 aliphatic carbocycles. The van der Waals surface area contributed by atoms with Gasteiger partial charge in [0.15, 0.2) is 0 Å². The molecule has 0 spiro atoms. The average molecular weight is 273 g/mol. The first-order valence-corrected chi connectivity index (χ1v) is 6.74. The van der Waals surface area contributed by atoms with Gasteiger partial charge in [0.2, 0.25) is 0 Å². The predicted molar refractivity (Wildman–Crippen MR) is 79.8 cm³/mol. The molecule has 0 bridgehead atoms. The van der Waals surface area contributed by atoms with E-state index in [-0.39, 0.29) is 5.78 Å². The van der Waals surface area contributed by atoms with Crippen molar-refractivity contribution in [1.29, 1.82) is 0 Å². The van der Waals surface area contributed by atoms with E-state index in [0.29, 0.717) is 17.9 Å². The van der Waals surface area contributed by atoms with Gasteiger partial charge in [0, 0.05) is 17.9 Å². The SMILES string of the molecule is Cc1ccc(CC(=O)Cc2ccc(C)cc2Cl)cc1. The standard InChI is InChI=1S/C17H17ClO/c1-12-3-6-14(7-4-12)10-16(19)11-15-8-5-13(2)9-17(15)18/h3-9H,10-11H2,1-2H3. The molecule has 2 aromatic rings. The normalized spacial score (nSPS) is 10.5. The van der Waals surface area contributed by atoms with Crippen molar-refractivity contribution in [2.45, 2.75) is 26.7 Å². The zero-order valence-corrected chi connectivity index (χ0v) is 12.0. The maximum absolute atomic E-state index is 12.0. The summed E-state index contributed by atoms with van der Waals surface area (Å²) in [6, 6.07) is 13.9. The Kier molecular flexibility index (Phi) is 4.39. The van der Waals surface area contributed by atoms with Gasteiger partial charge in [-0.2, -0.15) is 0 Å². The molecule has 1 nitrogen and oxygen atoms in total. The zero-order valence-electron chi connectivity index (χ0n) is 11.2. The van der Waals surface area contributed by atoms with Gasteiger partial charge in [-0.25, -0.2) is 0 Å². The number of benzene rings is 2. The van der Waals surface area contributed by atoms with Crippen LogP contribution in [0.3, 0.4) is 0 Å². The van der Waals surface area contributed by atoms with Crippen molar-refractivity contribution in [3.63, 3.8) is 0 Å². The summed E-state index contributed by atoms with van der Waals surface area (Å²) in [5.74, 6) is 0.189. The fraction of sp³-hybridized carbons (Fsp3) is 0.235. The summed E-state index contributed by atoms with van der Waals surface area (Å²) >= 11 is 6.15. The molecule has 0 atom stereocenters. The lowest BCUT2D eigenvalue weighted by Crippen LogP contribution is -2.07. The van der Waals surface area contributed by atoms with Crippen LogP contribution in [0.2, 0.25) is 5.02 Å². The molecule has 98 valence electrons. The molecule has 0 aliphatic heterocycles. The number of carbonyl (C=O) groups is 1. The molecule has 0 heterocycles. The van der Waals surface area contributed by atoms with E-state index in [4.69, 9.17) is 11.6 Å². The van der Waals surface area contributed by atoms with Crippen molar-refractivity contribution in [3.05, 3.63) is 69.7 Å². The number of hydrogen-bond acceptors (Lipinski definition) is 1. The monoisotopic (exact) mass is 272 g/mol. The van der Waals surface area contributed by atoms with E-state index in [1.807, 2.05) is 56.3 Å². The number of ketones is 1. The van der Waals surface area contributed by atoms with E-state index in [1.54, 1.807) is 0 Å². The van der Waals surface area contributed by atoms with Crippen LogP contribution >= 0.6 is 11.6 Å². The predicted octanol–water partition coefficient (Wildman–Crippen LogP) is 4.31. The van der Waals surface area contributed by atoms with Crippen molar-refractivity contribution in [3.8, 4) is 0 Å². The van der Waals surface area contributed by atoms with Crippen LogP contribution < -0.4 is 0 Å². The van der Waals surface area contributed by atoms with Crippen molar-refractivity contribution in [2.75, 3.05) is 0 Å². The van der Waals surface area contributed by atoms with Crippen LogP contribution in [0.4, 0.5) is 0 Å². The van der Waals surface area contributed by atoms with Gasteiger partial charge in [-0.05, 0) is 36.6 Å². The van der Waals surface area contributed by atoms with E-state index in [0.717, 1.165) is 16.7 Å². The Morgan fingerprint density at radius 1 is 0.947 bits per heavy atom. The number of hydrogen-bond donors (Lipinski definition) is 0. The minimum atomic E-state index is 0.189. The van der Waals surface area contributed by atoms with Crippen LogP contribution in [0.25, 0.3) is 0 Å². The molecule has 19 heavy (non-hydrogen) atoms. The van der Waals surface area contributed by atoms with E-state index in [1.165, 1.54) is 5.56 Å². The van der Waals surface area contributed by atoms with Crippen molar-refractivity contribution >= 4 is 17.4 Å². The smallest absolute Gasteiger partial charge is 0.141 e.